The average molecular weight is 488 g/mol. The molecule has 0 radical (unpaired) electrons. The van der Waals surface area contributed by atoms with Gasteiger partial charge in [0.1, 0.15) is 0 Å². The summed E-state index contributed by atoms with van der Waals surface area (Å²) in [6.45, 7) is 5.08. The maximum absolute atomic E-state index is 12.9. The van der Waals surface area contributed by atoms with Gasteiger partial charge in [-0.1, -0.05) is 25.7 Å². The van der Waals surface area contributed by atoms with Gasteiger partial charge in [0.2, 0.25) is 15.9 Å². The Morgan fingerprint density at radius 1 is 0.912 bits per heavy atom. The number of amides is 1. The molecule has 3 aliphatic rings. The van der Waals surface area contributed by atoms with E-state index < -0.39 is 10.0 Å². The number of nitriles is 1. The SMILES string of the molecule is N#Cc1ccc(S(=O)(=O)N2CCN(CC(=O)NCC3(N4CCCCC4)CCCCC3)CC2)cc1. The number of nitrogens with zero attached hydrogens (tertiary/aromatic N) is 4. The number of hydrogen-bond acceptors (Lipinski definition) is 6. The van der Waals surface area contributed by atoms with E-state index >= 15 is 0 Å². The third kappa shape index (κ3) is 5.80. The van der Waals surface area contributed by atoms with Gasteiger partial charge in [0.15, 0.2) is 0 Å². The van der Waals surface area contributed by atoms with E-state index in [1.807, 2.05) is 11.0 Å². The molecule has 1 N–H and O–H groups in total. The molecule has 34 heavy (non-hydrogen) atoms. The first-order valence-electron chi connectivity index (χ1n) is 12.7. The van der Waals surface area contributed by atoms with Crippen molar-refractivity contribution in [3.05, 3.63) is 29.8 Å². The van der Waals surface area contributed by atoms with Gasteiger partial charge in [-0.15, -0.1) is 0 Å². The Bertz CT molecular complexity index is 969. The summed E-state index contributed by atoms with van der Waals surface area (Å²) < 4.78 is 27.3. The van der Waals surface area contributed by atoms with Crippen molar-refractivity contribution in [2.75, 3.05) is 52.4 Å². The van der Waals surface area contributed by atoms with Crippen molar-refractivity contribution < 1.29 is 13.2 Å². The topological polar surface area (TPSA) is 96.7 Å². The highest BCUT2D eigenvalue weighted by atomic mass is 32.2. The molecule has 1 aromatic rings. The van der Waals surface area contributed by atoms with Gasteiger partial charge in [0, 0.05) is 38.3 Å². The molecule has 0 atom stereocenters. The number of piperidine rings is 1. The molecule has 186 valence electrons. The lowest BCUT2D eigenvalue weighted by molar-refractivity contribution is -0.123. The molecule has 2 saturated heterocycles. The summed E-state index contributed by atoms with van der Waals surface area (Å²) in [5.41, 5.74) is 0.549. The van der Waals surface area contributed by atoms with Gasteiger partial charge < -0.3 is 5.32 Å². The van der Waals surface area contributed by atoms with Gasteiger partial charge in [0.05, 0.1) is 23.1 Å². The molecule has 0 aromatic heterocycles. The van der Waals surface area contributed by atoms with E-state index in [2.05, 4.69) is 10.2 Å². The summed E-state index contributed by atoms with van der Waals surface area (Å²) in [4.78, 5) is 17.7. The van der Waals surface area contributed by atoms with Gasteiger partial charge in [-0.05, 0) is 63.0 Å². The normalized spacial score (nSPS) is 22.7. The van der Waals surface area contributed by atoms with Crippen molar-refractivity contribution in [3.8, 4) is 6.07 Å². The van der Waals surface area contributed by atoms with Gasteiger partial charge in [0.25, 0.3) is 0 Å². The molecular weight excluding hydrogens is 450 g/mol. The number of benzene rings is 1. The van der Waals surface area contributed by atoms with Crippen molar-refractivity contribution in [1.82, 2.24) is 19.4 Å². The predicted molar refractivity (Wildman–Crippen MR) is 131 cm³/mol. The van der Waals surface area contributed by atoms with E-state index in [0.29, 0.717) is 38.3 Å². The van der Waals surface area contributed by atoms with E-state index in [1.165, 1.54) is 79.9 Å². The number of rotatable bonds is 7. The molecule has 2 aliphatic heterocycles. The Hall–Kier alpha value is -1.99. The Balaban J connectivity index is 1.27. The molecular formula is C25H37N5O3S. The lowest BCUT2D eigenvalue weighted by atomic mass is 9.79. The maximum atomic E-state index is 12.9. The third-order valence-electron chi connectivity index (χ3n) is 7.75. The molecule has 1 saturated carbocycles. The fourth-order valence-corrected chi connectivity index (χ4v) is 7.11. The van der Waals surface area contributed by atoms with Crippen molar-refractivity contribution in [2.24, 2.45) is 0 Å². The number of carbonyl (C=O) groups excluding carboxylic acids is 1. The van der Waals surface area contributed by atoms with Crippen LogP contribution in [0.3, 0.4) is 0 Å². The first-order chi connectivity index (χ1) is 16.4. The van der Waals surface area contributed by atoms with Crippen LogP contribution in [0.5, 0.6) is 0 Å². The molecule has 4 rings (SSSR count). The smallest absolute Gasteiger partial charge is 0.243 e. The predicted octanol–water partition coefficient (Wildman–Crippen LogP) is 2.17. The highest BCUT2D eigenvalue weighted by molar-refractivity contribution is 7.89. The van der Waals surface area contributed by atoms with Crippen molar-refractivity contribution >= 4 is 15.9 Å². The molecule has 0 unspecified atom stereocenters. The van der Waals surface area contributed by atoms with E-state index in [9.17, 15) is 13.2 Å². The Labute approximate surface area is 203 Å². The van der Waals surface area contributed by atoms with Crippen molar-refractivity contribution in [2.45, 2.75) is 61.8 Å². The fourth-order valence-electron chi connectivity index (χ4n) is 5.68. The summed E-state index contributed by atoms with van der Waals surface area (Å²) in [6, 6.07) is 8.02. The Morgan fingerprint density at radius 3 is 2.15 bits per heavy atom. The Kier molecular flexibility index (Phi) is 8.25. The lowest BCUT2D eigenvalue weighted by Gasteiger charge is -2.48. The lowest BCUT2D eigenvalue weighted by Crippen LogP contribution is -2.59. The molecule has 0 spiro atoms. The number of likely N-dealkylation sites (tertiary alicyclic amines) is 1. The quantitative estimate of drug-likeness (QED) is 0.633. The van der Waals surface area contributed by atoms with Crippen LogP contribution >= 0.6 is 0 Å². The van der Waals surface area contributed by atoms with Crippen LogP contribution in [0.2, 0.25) is 0 Å². The van der Waals surface area contributed by atoms with Gasteiger partial charge >= 0.3 is 0 Å². The van der Waals surface area contributed by atoms with Crippen LogP contribution in [0, 0.1) is 11.3 Å². The number of piperazine rings is 1. The summed E-state index contributed by atoms with van der Waals surface area (Å²) in [5.74, 6) is 0.0327. The standard InChI is InChI=1S/C25H37N5O3S/c26-19-22-7-9-23(10-8-22)34(32,33)30-17-15-28(16-18-30)20-24(31)27-21-25(11-3-1-4-12-25)29-13-5-2-6-14-29/h7-10H,1-6,11-18,20-21H2,(H,27,31). The molecule has 2 heterocycles. The second-order valence-corrected chi connectivity index (χ2v) is 11.9. The molecule has 3 fully saturated rings. The zero-order valence-electron chi connectivity index (χ0n) is 20.0. The average Bonchev–Trinajstić information content (AvgIpc) is 2.89. The van der Waals surface area contributed by atoms with Crippen LogP contribution in [-0.2, 0) is 14.8 Å². The minimum Gasteiger partial charge on any atom is -0.353 e. The monoisotopic (exact) mass is 487 g/mol. The Morgan fingerprint density at radius 2 is 1.53 bits per heavy atom. The summed E-state index contributed by atoms with van der Waals surface area (Å²) in [7, 11) is -3.59. The third-order valence-corrected chi connectivity index (χ3v) is 9.66. The molecule has 1 amide bonds. The van der Waals surface area contributed by atoms with E-state index in [4.69, 9.17) is 5.26 Å². The number of nitrogens with one attached hydrogen (secondary N) is 1. The van der Waals surface area contributed by atoms with Crippen LogP contribution in [0.4, 0.5) is 0 Å². The molecule has 1 aromatic carbocycles. The summed E-state index contributed by atoms with van der Waals surface area (Å²) in [5, 5.41) is 12.2. The van der Waals surface area contributed by atoms with E-state index in [1.54, 1.807) is 0 Å². The largest absolute Gasteiger partial charge is 0.353 e. The number of hydrogen-bond donors (Lipinski definition) is 1. The van der Waals surface area contributed by atoms with Crippen molar-refractivity contribution in [3.63, 3.8) is 0 Å². The van der Waals surface area contributed by atoms with E-state index in [-0.39, 0.29) is 16.3 Å². The second kappa shape index (κ2) is 11.2. The second-order valence-electron chi connectivity index (χ2n) is 9.93. The molecule has 0 bridgehead atoms. The minimum atomic E-state index is -3.59. The van der Waals surface area contributed by atoms with Crippen LogP contribution in [0.15, 0.2) is 29.2 Å². The van der Waals surface area contributed by atoms with E-state index in [0.717, 1.165) is 19.6 Å². The fraction of sp³-hybridized carbons (Fsp3) is 0.680. The van der Waals surface area contributed by atoms with Gasteiger partial charge in [-0.3, -0.25) is 14.6 Å². The van der Waals surface area contributed by atoms with Crippen LogP contribution < -0.4 is 5.32 Å². The minimum absolute atomic E-state index is 0.0327. The summed E-state index contributed by atoms with van der Waals surface area (Å²) >= 11 is 0. The molecule has 1 aliphatic carbocycles. The number of sulfonamides is 1. The molecule has 9 heteroatoms. The van der Waals surface area contributed by atoms with Gasteiger partial charge in [-0.25, -0.2) is 8.42 Å². The highest BCUT2D eigenvalue weighted by Crippen LogP contribution is 2.35. The summed E-state index contributed by atoms with van der Waals surface area (Å²) in [6.07, 6.45) is 9.92. The highest BCUT2D eigenvalue weighted by Gasteiger charge is 2.38. The molecule has 8 nitrogen and oxygen atoms in total. The number of carbonyl (C=O) groups is 1. The maximum Gasteiger partial charge on any atom is 0.243 e. The van der Waals surface area contributed by atoms with Gasteiger partial charge in [-0.2, -0.15) is 9.57 Å². The van der Waals surface area contributed by atoms with Crippen LogP contribution in [0.25, 0.3) is 0 Å². The first-order valence-corrected chi connectivity index (χ1v) is 14.1. The van der Waals surface area contributed by atoms with Crippen molar-refractivity contribution in [1.29, 1.82) is 5.26 Å². The first kappa shape index (κ1) is 25.1. The van der Waals surface area contributed by atoms with Crippen LogP contribution in [0.1, 0.15) is 56.9 Å². The van der Waals surface area contributed by atoms with Crippen LogP contribution in [-0.4, -0.2) is 86.3 Å². The zero-order valence-corrected chi connectivity index (χ0v) is 20.9. The zero-order chi connectivity index (χ0) is 24.0.